The van der Waals surface area contributed by atoms with Crippen molar-refractivity contribution in [2.24, 2.45) is 0 Å². The SMILES string of the molecule is CC(C)c1cccc(C(COc2cc(C(F)(F)F)cc(C(F)(F)F)c2)N2CCNCC2)c1. The molecule has 176 valence electrons. The lowest BCUT2D eigenvalue weighted by atomic mass is 9.97. The molecule has 0 bridgehead atoms. The third-order valence-corrected chi connectivity index (χ3v) is 5.52. The molecule has 0 saturated carbocycles. The summed E-state index contributed by atoms with van der Waals surface area (Å²) in [5.41, 5.74) is -0.757. The molecule has 0 radical (unpaired) electrons. The van der Waals surface area contributed by atoms with E-state index in [9.17, 15) is 26.3 Å². The minimum absolute atomic E-state index is 0.0693. The van der Waals surface area contributed by atoms with Crippen LogP contribution in [0.3, 0.4) is 0 Å². The van der Waals surface area contributed by atoms with Gasteiger partial charge in [0.15, 0.2) is 0 Å². The second-order valence-electron chi connectivity index (χ2n) is 8.18. The number of hydrogen-bond acceptors (Lipinski definition) is 3. The molecule has 3 rings (SSSR count). The average molecular weight is 460 g/mol. The lowest BCUT2D eigenvalue weighted by Gasteiger charge is -2.35. The maximum atomic E-state index is 13.2. The first kappa shape index (κ1) is 24.4. The van der Waals surface area contributed by atoms with Gasteiger partial charge in [-0.3, -0.25) is 4.90 Å². The van der Waals surface area contributed by atoms with Crippen molar-refractivity contribution < 1.29 is 31.1 Å². The van der Waals surface area contributed by atoms with E-state index < -0.39 is 29.2 Å². The number of halogens is 6. The van der Waals surface area contributed by atoms with Crippen molar-refractivity contribution in [1.29, 1.82) is 0 Å². The van der Waals surface area contributed by atoms with E-state index in [4.69, 9.17) is 4.74 Å². The number of nitrogens with zero attached hydrogens (tertiary/aromatic N) is 1. The van der Waals surface area contributed by atoms with E-state index >= 15 is 0 Å². The van der Waals surface area contributed by atoms with Gasteiger partial charge < -0.3 is 10.1 Å². The van der Waals surface area contributed by atoms with Crippen LogP contribution < -0.4 is 10.1 Å². The highest BCUT2D eigenvalue weighted by Crippen LogP contribution is 2.38. The molecule has 0 aromatic heterocycles. The van der Waals surface area contributed by atoms with Crippen LogP contribution in [0, 0.1) is 0 Å². The third kappa shape index (κ3) is 6.16. The molecule has 2 aromatic rings. The first-order chi connectivity index (χ1) is 14.9. The minimum Gasteiger partial charge on any atom is -0.492 e. The number of rotatable bonds is 6. The van der Waals surface area contributed by atoms with Crippen molar-refractivity contribution in [3.05, 3.63) is 64.7 Å². The molecule has 0 aliphatic carbocycles. The molecular formula is C23H26F6N2O. The highest BCUT2D eigenvalue weighted by Gasteiger charge is 2.37. The third-order valence-electron chi connectivity index (χ3n) is 5.52. The lowest BCUT2D eigenvalue weighted by molar-refractivity contribution is -0.143. The monoisotopic (exact) mass is 460 g/mol. The number of piperazine rings is 1. The van der Waals surface area contributed by atoms with E-state index in [1.165, 1.54) is 0 Å². The lowest BCUT2D eigenvalue weighted by Crippen LogP contribution is -2.46. The van der Waals surface area contributed by atoms with Crippen LogP contribution >= 0.6 is 0 Å². The Morgan fingerprint density at radius 3 is 1.97 bits per heavy atom. The molecule has 1 unspecified atom stereocenters. The van der Waals surface area contributed by atoms with Gasteiger partial charge in [-0.1, -0.05) is 38.1 Å². The van der Waals surface area contributed by atoms with E-state index in [-0.39, 0.29) is 24.6 Å². The van der Waals surface area contributed by atoms with E-state index in [0.29, 0.717) is 25.2 Å². The molecular weight excluding hydrogens is 434 g/mol. The zero-order chi connectivity index (χ0) is 23.5. The average Bonchev–Trinajstić information content (AvgIpc) is 2.73. The van der Waals surface area contributed by atoms with E-state index in [2.05, 4.69) is 24.1 Å². The van der Waals surface area contributed by atoms with Gasteiger partial charge in [0.05, 0.1) is 17.2 Å². The zero-order valence-corrected chi connectivity index (χ0v) is 17.9. The fourth-order valence-electron chi connectivity index (χ4n) is 3.72. The van der Waals surface area contributed by atoms with Gasteiger partial charge in [-0.15, -0.1) is 0 Å². The first-order valence-corrected chi connectivity index (χ1v) is 10.4. The molecule has 1 aliphatic rings. The Balaban J connectivity index is 1.91. The predicted molar refractivity (Wildman–Crippen MR) is 110 cm³/mol. The van der Waals surface area contributed by atoms with Gasteiger partial charge in [0, 0.05) is 26.2 Å². The summed E-state index contributed by atoms with van der Waals surface area (Å²) >= 11 is 0. The Labute approximate surface area is 183 Å². The molecule has 1 saturated heterocycles. The molecule has 1 heterocycles. The molecule has 32 heavy (non-hydrogen) atoms. The summed E-state index contributed by atoms with van der Waals surface area (Å²) in [5.74, 6) is -0.176. The van der Waals surface area contributed by atoms with Gasteiger partial charge in [-0.2, -0.15) is 26.3 Å². The minimum atomic E-state index is -4.91. The van der Waals surface area contributed by atoms with Crippen molar-refractivity contribution in [3.63, 3.8) is 0 Å². The van der Waals surface area contributed by atoms with Crippen LogP contribution in [-0.2, 0) is 12.4 Å². The van der Waals surface area contributed by atoms with Gasteiger partial charge in [0.1, 0.15) is 12.4 Å². The Bertz CT molecular complexity index is 872. The second kappa shape index (κ2) is 9.70. The quantitative estimate of drug-likeness (QED) is 0.546. The standard InChI is InChI=1S/C23H26F6N2O/c1-15(2)16-4-3-5-17(10-16)21(31-8-6-30-7-9-31)14-32-20-12-18(22(24,25)26)11-19(13-20)23(27,28)29/h3-5,10-13,15,21,30H,6-9,14H2,1-2H3. The molecule has 0 amide bonds. The normalized spacial score (nSPS) is 16.9. The summed E-state index contributed by atoms with van der Waals surface area (Å²) in [6.07, 6.45) is -9.83. The fraction of sp³-hybridized carbons (Fsp3) is 0.478. The highest BCUT2D eigenvalue weighted by atomic mass is 19.4. The topological polar surface area (TPSA) is 24.5 Å². The fourth-order valence-corrected chi connectivity index (χ4v) is 3.72. The van der Waals surface area contributed by atoms with Gasteiger partial charge >= 0.3 is 12.4 Å². The Morgan fingerprint density at radius 2 is 1.44 bits per heavy atom. The number of alkyl halides is 6. The molecule has 9 heteroatoms. The second-order valence-corrected chi connectivity index (χ2v) is 8.18. The smallest absolute Gasteiger partial charge is 0.416 e. The first-order valence-electron chi connectivity index (χ1n) is 10.4. The Hall–Kier alpha value is -2.26. The summed E-state index contributed by atoms with van der Waals surface area (Å²) < 4.78 is 84.6. The van der Waals surface area contributed by atoms with Crippen molar-refractivity contribution >= 4 is 0 Å². The van der Waals surface area contributed by atoms with Crippen LogP contribution in [-0.4, -0.2) is 37.7 Å². The predicted octanol–water partition coefficient (Wildman–Crippen LogP) is 5.87. The van der Waals surface area contributed by atoms with Crippen LogP contribution in [0.1, 0.15) is 48.1 Å². The molecule has 3 nitrogen and oxygen atoms in total. The summed E-state index contributed by atoms with van der Waals surface area (Å²) in [6.45, 7) is 6.89. The van der Waals surface area contributed by atoms with E-state index in [1.807, 2.05) is 24.3 Å². The van der Waals surface area contributed by atoms with Crippen molar-refractivity contribution in [2.45, 2.75) is 38.2 Å². The Morgan fingerprint density at radius 1 is 0.875 bits per heavy atom. The van der Waals surface area contributed by atoms with Crippen molar-refractivity contribution in [1.82, 2.24) is 10.2 Å². The molecule has 1 fully saturated rings. The Kier molecular flexibility index (Phi) is 7.39. The summed E-state index contributed by atoms with van der Waals surface area (Å²) in [6, 6.07) is 8.87. The molecule has 1 aliphatic heterocycles. The molecule has 1 N–H and O–H groups in total. The summed E-state index contributed by atoms with van der Waals surface area (Å²) in [7, 11) is 0. The van der Waals surface area contributed by atoms with Crippen LogP contribution in [0.25, 0.3) is 0 Å². The van der Waals surface area contributed by atoms with Crippen LogP contribution in [0.4, 0.5) is 26.3 Å². The number of ether oxygens (including phenoxy) is 1. The highest BCUT2D eigenvalue weighted by molar-refractivity contribution is 5.37. The van der Waals surface area contributed by atoms with Gasteiger partial charge in [-0.25, -0.2) is 0 Å². The van der Waals surface area contributed by atoms with Crippen LogP contribution in [0.5, 0.6) is 5.75 Å². The van der Waals surface area contributed by atoms with Gasteiger partial charge in [-0.05, 0) is 35.2 Å². The van der Waals surface area contributed by atoms with Gasteiger partial charge in [0.25, 0.3) is 0 Å². The molecule has 1 atom stereocenters. The van der Waals surface area contributed by atoms with Gasteiger partial charge in [0.2, 0.25) is 0 Å². The van der Waals surface area contributed by atoms with Crippen LogP contribution in [0.2, 0.25) is 0 Å². The number of benzene rings is 2. The van der Waals surface area contributed by atoms with Crippen molar-refractivity contribution in [3.8, 4) is 5.75 Å². The molecule has 0 spiro atoms. The maximum Gasteiger partial charge on any atom is 0.416 e. The van der Waals surface area contributed by atoms with Crippen molar-refractivity contribution in [2.75, 3.05) is 32.8 Å². The summed E-state index contributed by atoms with van der Waals surface area (Å²) in [5, 5.41) is 3.24. The van der Waals surface area contributed by atoms with Crippen LogP contribution in [0.15, 0.2) is 42.5 Å². The summed E-state index contributed by atoms with van der Waals surface area (Å²) in [4.78, 5) is 2.13. The zero-order valence-electron chi connectivity index (χ0n) is 17.9. The largest absolute Gasteiger partial charge is 0.492 e. The van der Waals surface area contributed by atoms with E-state index in [1.54, 1.807) is 0 Å². The number of nitrogens with one attached hydrogen (secondary N) is 1. The molecule has 2 aromatic carbocycles. The van der Waals surface area contributed by atoms with E-state index in [0.717, 1.165) is 24.2 Å². The number of hydrogen-bond donors (Lipinski definition) is 1. The maximum absolute atomic E-state index is 13.2.